The number of nitrogens with zero attached hydrogens (tertiary/aromatic N) is 1. The Bertz CT molecular complexity index is 627. The van der Waals surface area contributed by atoms with Crippen LogP contribution in [0.1, 0.15) is 38.2 Å². The molecule has 0 unspecified atom stereocenters. The van der Waals surface area contributed by atoms with Gasteiger partial charge in [0, 0.05) is 31.0 Å². The first kappa shape index (κ1) is 20.9. The molecule has 2 aliphatic carbocycles. The third kappa shape index (κ3) is 5.82. The van der Waals surface area contributed by atoms with E-state index >= 15 is 0 Å². The van der Waals surface area contributed by atoms with Gasteiger partial charge in [-0.1, -0.05) is 12.1 Å². The molecule has 3 N–H and O–H groups in total. The van der Waals surface area contributed by atoms with E-state index in [0.29, 0.717) is 19.6 Å². The van der Waals surface area contributed by atoms with Crippen LogP contribution >= 0.6 is 24.0 Å². The van der Waals surface area contributed by atoms with Crippen LogP contribution in [-0.4, -0.2) is 38.0 Å². The summed E-state index contributed by atoms with van der Waals surface area (Å²) in [6.45, 7) is 4.74. The van der Waals surface area contributed by atoms with E-state index in [4.69, 9.17) is 4.99 Å². The van der Waals surface area contributed by atoms with Gasteiger partial charge in [0.05, 0.1) is 6.54 Å². The monoisotopic (exact) mass is 474 g/mol. The predicted octanol–water partition coefficient (Wildman–Crippen LogP) is 2.56. The lowest BCUT2D eigenvalue weighted by Crippen LogP contribution is -2.42. The number of amides is 1. The number of carbonyl (C=O) groups excluding carboxylic acids is 1. The molecular weight excluding hydrogens is 446 g/mol. The molecule has 0 aromatic heterocycles. The van der Waals surface area contributed by atoms with Crippen molar-refractivity contribution in [3.8, 4) is 0 Å². The topological polar surface area (TPSA) is 65.5 Å². The van der Waals surface area contributed by atoms with Crippen molar-refractivity contribution in [1.29, 1.82) is 0 Å². The second kappa shape index (κ2) is 9.53. The fraction of sp³-hybridized carbons (Fsp3) is 0.579. The molecule has 0 saturated heterocycles. The summed E-state index contributed by atoms with van der Waals surface area (Å²) in [7, 11) is 0. The van der Waals surface area contributed by atoms with Gasteiger partial charge in [-0.15, -0.1) is 24.0 Å². The normalized spacial score (nSPS) is 17.8. The maximum absolute atomic E-state index is 13.1. The minimum absolute atomic E-state index is 0. The van der Waals surface area contributed by atoms with E-state index in [2.05, 4.69) is 16.0 Å². The van der Waals surface area contributed by atoms with E-state index in [0.717, 1.165) is 43.8 Å². The van der Waals surface area contributed by atoms with Gasteiger partial charge in [-0.3, -0.25) is 9.79 Å². The molecule has 144 valence electrons. The summed E-state index contributed by atoms with van der Waals surface area (Å²) >= 11 is 0. The van der Waals surface area contributed by atoms with Gasteiger partial charge >= 0.3 is 0 Å². The molecule has 3 rings (SSSR count). The van der Waals surface area contributed by atoms with Gasteiger partial charge in [0.25, 0.3) is 0 Å². The van der Waals surface area contributed by atoms with Crippen LogP contribution in [0.4, 0.5) is 4.39 Å². The number of guanidine groups is 1. The first-order valence-corrected chi connectivity index (χ1v) is 9.19. The second-order valence-electron chi connectivity index (χ2n) is 6.97. The van der Waals surface area contributed by atoms with Crippen LogP contribution in [-0.2, 0) is 10.2 Å². The Labute approximate surface area is 171 Å². The molecule has 1 amide bonds. The van der Waals surface area contributed by atoms with Crippen LogP contribution in [0.2, 0.25) is 0 Å². The van der Waals surface area contributed by atoms with Crippen molar-refractivity contribution in [2.45, 2.75) is 38.0 Å². The summed E-state index contributed by atoms with van der Waals surface area (Å²) in [6, 6.07) is 6.77. The van der Waals surface area contributed by atoms with Gasteiger partial charge in [0.1, 0.15) is 5.82 Å². The minimum atomic E-state index is -0.202. The standard InChI is InChI=1S/C19H27FN4O.HI/c1-2-21-18(23-12-11-22-17(25)14-3-4-14)24-13-19(9-10-19)15-5-7-16(20)8-6-15;/h5-8,14H,2-4,9-13H2,1H3,(H,22,25)(H2,21,23,24);1H. The summed E-state index contributed by atoms with van der Waals surface area (Å²) in [4.78, 5) is 16.3. The van der Waals surface area contributed by atoms with Crippen LogP contribution in [0.15, 0.2) is 29.3 Å². The molecule has 2 fully saturated rings. The van der Waals surface area contributed by atoms with Crippen LogP contribution < -0.4 is 16.0 Å². The van der Waals surface area contributed by atoms with Crippen molar-refractivity contribution in [3.63, 3.8) is 0 Å². The van der Waals surface area contributed by atoms with Crippen LogP contribution in [0.25, 0.3) is 0 Å². The number of hydrogen-bond acceptors (Lipinski definition) is 2. The number of aliphatic imine (C=N–C) groups is 1. The molecule has 0 aliphatic heterocycles. The highest BCUT2D eigenvalue weighted by Crippen LogP contribution is 2.48. The van der Waals surface area contributed by atoms with Crippen LogP contribution in [0.5, 0.6) is 0 Å². The lowest BCUT2D eigenvalue weighted by Gasteiger charge is -2.16. The number of hydrogen-bond donors (Lipinski definition) is 3. The van der Waals surface area contributed by atoms with Crippen molar-refractivity contribution >= 4 is 35.8 Å². The number of halogens is 2. The molecule has 5 nitrogen and oxygen atoms in total. The first-order valence-electron chi connectivity index (χ1n) is 9.19. The molecule has 2 saturated carbocycles. The zero-order chi connectivity index (χ0) is 17.7. The van der Waals surface area contributed by atoms with E-state index in [1.165, 1.54) is 12.1 Å². The smallest absolute Gasteiger partial charge is 0.223 e. The maximum Gasteiger partial charge on any atom is 0.223 e. The van der Waals surface area contributed by atoms with Gasteiger partial charge in [-0.2, -0.15) is 0 Å². The molecule has 0 atom stereocenters. The lowest BCUT2D eigenvalue weighted by molar-refractivity contribution is -0.122. The summed E-state index contributed by atoms with van der Waals surface area (Å²) < 4.78 is 13.1. The van der Waals surface area contributed by atoms with Gasteiger partial charge < -0.3 is 16.0 Å². The Morgan fingerprint density at radius 2 is 1.81 bits per heavy atom. The summed E-state index contributed by atoms with van der Waals surface area (Å²) in [5, 5.41) is 9.43. The van der Waals surface area contributed by atoms with E-state index in [1.807, 2.05) is 19.1 Å². The third-order valence-corrected chi connectivity index (χ3v) is 4.86. The zero-order valence-corrected chi connectivity index (χ0v) is 17.5. The number of nitrogens with one attached hydrogen (secondary N) is 3. The minimum Gasteiger partial charge on any atom is -0.357 e. The molecule has 2 aliphatic rings. The maximum atomic E-state index is 13.1. The Hall–Kier alpha value is -1.38. The quantitative estimate of drug-likeness (QED) is 0.235. The Morgan fingerprint density at radius 3 is 2.38 bits per heavy atom. The Kier molecular flexibility index (Phi) is 7.67. The molecule has 1 aromatic carbocycles. The average molecular weight is 474 g/mol. The van der Waals surface area contributed by atoms with E-state index < -0.39 is 0 Å². The molecule has 1 aromatic rings. The Morgan fingerprint density at radius 1 is 1.15 bits per heavy atom. The molecule has 26 heavy (non-hydrogen) atoms. The van der Waals surface area contributed by atoms with Gasteiger partial charge in [0.15, 0.2) is 5.96 Å². The fourth-order valence-electron chi connectivity index (χ4n) is 2.92. The lowest BCUT2D eigenvalue weighted by atomic mass is 9.96. The number of carbonyl (C=O) groups is 1. The third-order valence-electron chi connectivity index (χ3n) is 4.86. The fourth-order valence-corrected chi connectivity index (χ4v) is 2.92. The number of rotatable bonds is 8. The first-order chi connectivity index (χ1) is 12.1. The second-order valence-corrected chi connectivity index (χ2v) is 6.97. The Balaban J connectivity index is 0.00000243. The average Bonchev–Trinajstić information content (AvgIpc) is 3.50. The number of benzene rings is 1. The highest BCUT2D eigenvalue weighted by molar-refractivity contribution is 14.0. The van der Waals surface area contributed by atoms with Gasteiger partial charge in [-0.25, -0.2) is 4.39 Å². The van der Waals surface area contributed by atoms with Crippen molar-refractivity contribution in [2.24, 2.45) is 10.9 Å². The van der Waals surface area contributed by atoms with Gasteiger partial charge in [-0.05, 0) is 50.3 Å². The van der Waals surface area contributed by atoms with E-state index in [1.54, 1.807) is 0 Å². The van der Waals surface area contributed by atoms with Crippen LogP contribution in [0.3, 0.4) is 0 Å². The highest BCUT2D eigenvalue weighted by Gasteiger charge is 2.44. The molecule has 0 bridgehead atoms. The van der Waals surface area contributed by atoms with Gasteiger partial charge in [0.2, 0.25) is 5.91 Å². The van der Waals surface area contributed by atoms with Crippen molar-refractivity contribution in [3.05, 3.63) is 35.6 Å². The van der Waals surface area contributed by atoms with Crippen LogP contribution in [0, 0.1) is 11.7 Å². The summed E-state index contributed by atoms with van der Waals surface area (Å²) in [5.74, 6) is 0.965. The predicted molar refractivity (Wildman–Crippen MR) is 112 cm³/mol. The van der Waals surface area contributed by atoms with Crippen molar-refractivity contribution in [1.82, 2.24) is 16.0 Å². The highest BCUT2D eigenvalue weighted by atomic mass is 127. The molecule has 7 heteroatoms. The molecule has 0 heterocycles. The van der Waals surface area contributed by atoms with Crippen molar-refractivity contribution in [2.75, 3.05) is 26.2 Å². The largest absolute Gasteiger partial charge is 0.357 e. The summed E-state index contributed by atoms with van der Waals surface area (Å²) in [5.41, 5.74) is 1.21. The molecular formula is C19H28FIN4O. The van der Waals surface area contributed by atoms with Crippen molar-refractivity contribution < 1.29 is 9.18 Å². The zero-order valence-electron chi connectivity index (χ0n) is 15.2. The van der Waals surface area contributed by atoms with E-state index in [-0.39, 0.29) is 47.0 Å². The SMILES string of the molecule is CCNC(=NCC1(c2ccc(F)cc2)CC1)NCCNC(=O)C1CC1.I. The summed E-state index contributed by atoms with van der Waals surface area (Å²) in [6.07, 6.45) is 4.21. The van der Waals surface area contributed by atoms with E-state index in [9.17, 15) is 9.18 Å². The molecule has 0 radical (unpaired) electrons. The molecule has 0 spiro atoms.